The maximum atomic E-state index is 13.2. The SMILES string of the molecule is Cc1ccccc1NC(=O)CCCCCN1C(=O)C(=C2SC(=S)N(CCCCCC(=O)Nc3ccccc3C)C2=O)SC1=S. The predicted molar refractivity (Wildman–Crippen MR) is 187 cm³/mol. The molecular formula is C32H36N4O4S4. The van der Waals surface area contributed by atoms with E-state index in [0.717, 1.165) is 58.9 Å². The van der Waals surface area contributed by atoms with E-state index in [0.29, 0.717) is 70.1 Å². The molecule has 4 rings (SSSR count). The van der Waals surface area contributed by atoms with Crippen molar-refractivity contribution in [1.29, 1.82) is 0 Å². The molecule has 2 saturated heterocycles. The van der Waals surface area contributed by atoms with Gasteiger partial charge in [-0.3, -0.25) is 29.0 Å². The number of nitrogens with one attached hydrogen (secondary N) is 2. The van der Waals surface area contributed by atoms with E-state index in [1.54, 1.807) is 0 Å². The third-order valence-electron chi connectivity index (χ3n) is 7.31. The minimum Gasteiger partial charge on any atom is -0.326 e. The Balaban J connectivity index is 1.18. The van der Waals surface area contributed by atoms with Gasteiger partial charge in [0.15, 0.2) is 0 Å². The molecule has 2 aromatic carbocycles. The number of benzene rings is 2. The Morgan fingerprint density at radius 2 is 1.02 bits per heavy atom. The number of thiocarbonyl (C=S) groups is 2. The molecule has 0 aromatic heterocycles. The number of carbonyl (C=O) groups is 4. The fourth-order valence-electron chi connectivity index (χ4n) is 4.77. The molecule has 0 saturated carbocycles. The van der Waals surface area contributed by atoms with Gasteiger partial charge in [-0.2, -0.15) is 0 Å². The number of anilines is 2. The number of thioether (sulfide) groups is 2. The summed E-state index contributed by atoms with van der Waals surface area (Å²) in [6, 6.07) is 15.3. The van der Waals surface area contributed by atoms with E-state index >= 15 is 0 Å². The van der Waals surface area contributed by atoms with E-state index in [4.69, 9.17) is 24.4 Å². The van der Waals surface area contributed by atoms with E-state index in [1.165, 1.54) is 9.80 Å². The summed E-state index contributed by atoms with van der Waals surface area (Å²) in [7, 11) is 0. The van der Waals surface area contributed by atoms with Crippen LogP contribution in [0.25, 0.3) is 0 Å². The van der Waals surface area contributed by atoms with Gasteiger partial charge in [0.2, 0.25) is 11.8 Å². The van der Waals surface area contributed by atoms with E-state index in [9.17, 15) is 19.2 Å². The summed E-state index contributed by atoms with van der Waals surface area (Å²) in [5.74, 6) is -0.596. The second kappa shape index (κ2) is 16.3. The zero-order valence-electron chi connectivity index (χ0n) is 24.9. The van der Waals surface area contributed by atoms with Crippen molar-refractivity contribution < 1.29 is 19.2 Å². The van der Waals surface area contributed by atoms with Gasteiger partial charge in [0, 0.05) is 37.3 Å². The fraction of sp³-hybridized carbons (Fsp3) is 0.375. The van der Waals surface area contributed by atoms with Gasteiger partial charge in [0.25, 0.3) is 11.8 Å². The van der Waals surface area contributed by atoms with Gasteiger partial charge in [-0.15, -0.1) is 0 Å². The molecule has 2 aliphatic heterocycles. The number of aryl methyl sites for hydroxylation is 2. The number of unbranched alkanes of at least 4 members (excludes halogenated alkanes) is 4. The van der Waals surface area contributed by atoms with Crippen molar-refractivity contribution in [2.45, 2.75) is 65.2 Å². The first-order valence-electron chi connectivity index (χ1n) is 14.7. The summed E-state index contributed by atoms with van der Waals surface area (Å²) in [5.41, 5.74) is 3.67. The molecule has 2 heterocycles. The fourth-order valence-corrected chi connectivity index (χ4v) is 7.54. The lowest BCUT2D eigenvalue weighted by atomic mass is 10.1. The van der Waals surface area contributed by atoms with Crippen molar-refractivity contribution in [2.75, 3.05) is 23.7 Å². The standard InChI is InChI=1S/C32H36N4O4S4/c1-21-13-7-9-15-23(21)33-25(37)17-5-3-11-19-35-29(39)27(43-31(35)41)28-30(40)36(32(42)44-28)20-12-4-6-18-26(38)34-24-16-10-8-14-22(24)2/h7-10,13-16H,3-6,11-12,17-20H2,1-2H3,(H,33,37)(H,34,38). The van der Waals surface area contributed by atoms with Crippen molar-refractivity contribution >= 4 is 91.6 Å². The summed E-state index contributed by atoms with van der Waals surface area (Å²) in [5, 5.41) is 5.88. The highest BCUT2D eigenvalue weighted by Crippen LogP contribution is 2.42. The highest BCUT2D eigenvalue weighted by molar-refractivity contribution is 8.29. The normalized spacial score (nSPS) is 16.7. The maximum Gasteiger partial charge on any atom is 0.267 e. The largest absolute Gasteiger partial charge is 0.326 e. The highest BCUT2D eigenvalue weighted by atomic mass is 32.2. The van der Waals surface area contributed by atoms with E-state index in [1.807, 2.05) is 62.4 Å². The second-order valence-electron chi connectivity index (χ2n) is 10.7. The summed E-state index contributed by atoms with van der Waals surface area (Å²) in [6.45, 7) is 4.78. The first-order chi connectivity index (χ1) is 21.2. The number of nitrogens with zero attached hydrogens (tertiary/aromatic N) is 2. The van der Waals surface area contributed by atoms with Crippen molar-refractivity contribution in [3.8, 4) is 0 Å². The lowest BCUT2D eigenvalue weighted by Crippen LogP contribution is -2.31. The van der Waals surface area contributed by atoms with Gasteiger partial charge in [0.05, 0.1) is 9.81 Å². The monoisotopic (exact) mass is 668 g/mol. The van der Waals surface area contributed by atoms with Crippen LogP contribution in [0, 0.1) is 13.8 Å². The van der Waals surface area contributed by atoms with Crippen LogP contribution in [0.4, 0.5) is 11.4 Å². The molecule has 4 amide bonds. The molecule has 2 fully saturated rings. The smallest absolute Gasteiger partial charge is 0.267 e. The van der Waals surface area contributed by atoms with Gasteiger partial charge in [-0.05, 0) is 62.8 Å². The minimum atomic E-state index is -0.266. The number of amides is 4. The second-order valence-corrected chi connectivity index (χ2v) is 13.9. The predicted octanol–water partition coefficient (Wildman–Crippen LogP) is 6.93. The lowest BCUT2D eigenvalue weighted by Gasteiger charge is -2.15. The zero-order chi connectivity index (χ0) is 31.6. The van der Waals surface area contributed by atoms with Crippen LogP contribution in [0.3, 0.4) is 0 Å². The van der Waals surface area contributed by atoms with Crippen molar-refractivity contribution in [3.63, 3.8) is 0 Å². The van der Waals surface area contributed by atoms with Crippen LogP contribution in [-0.2, 0) is 19.2 Å². The van der Waals surface area contributed by atoms with Gasteiger partial charge in [-0.1, -0.05) is 97.2 Å². The maximum absolute atomic E-state index is 13.2. The van der Waals surface area contributed by atoms with Crippen LogP contribution in [0.15, 0.2) is 58.3 Å². The molecule has 0 spiro atoms. The molecule has 2 aliphatic rings. The Kier molecular flexibility index (Phi) is 12.5. The number of rotatable bonds is 14. The van der Waals surface area contributed by atoms with Crippen LogP contribution in [0.2, 0.25) is 0 Å². The molecule has 0 radical (unpaired) electrons. The van der Waals surface area contributed by atoms with Gasteiger partial charge >= 0.3 is 0 Å². The van der Waals surface area contributed by atoms with Crippen LogP contribution in [0.1, 0.15) is 62.5 Å². The average molecular weight is 669 g/mol. The third kappa shape index (κ3) is 8.99. The molecule has 0 bridgehead atoms. The average Bonchev–Trinajstić information content (AvgIpc) is 3.43. The molecule has 12 heteroatoms. The van der Waals surface area contributed by atoms with Crippen LogP contribution >= 0.6 is 48.0 Å². The van der Waals surface area contributed by atoms with Crippen molar-refractivity contribution in [2.24, 2.45) is 0 Å². The molecule has 8 nitrogen and oxygen atoms in total. The quantitative estimate of drug-likeness (QED) is 0.127. The van der Waals surface area contributed by atoms with Crippen LogP contribution < -0.4 is 10.6 Å². The molecule has 0 unspecified atom stereocenters. The lowest BCUT2D eigenvalue weighted by molar-refractivity contribution is -0.124. The molecule has 0 atom stereocenters. The highest BCUT2D eigenvalue weighted by Gasteiger charge is 2.41. The van der Waals surface area contributed by atoms with Crippen molar-refractivity contribution in [1.82, 2.24) is 9.80 Å². The Morgan fingerprint density at radius 1 is 0.636 bits per heavy atom. The number of carbonyl (C=O) groups excluding carboxylic acids is 4. The zero-order valence-corrected chi connectivity index (χ0v) is 28.1. The van der Waals surface area contributed by atoms with Gasteiger partial charge in [-0.25, -0.2) is 0 Å². The van der Waals surface area contributed by atoms with E-state index in [2.05, 4.69) is 10.6 Å². The summed E-state index contributed by atoms with van der Waals surface area (Å²) >= 11 is 13.2. The Labute approximate surface area is 277 Å². The Morgan fingerprint density at radius 3 is 1.41 bits per heavy atom. The summed E-state index contributed by atoms with van der Waals surface area (Å²) in [4.78, 5) is 54.8. The van der Waals surface area contributed by atoms with Crippen LogP contribution in [0.5, 0.6) is 0 Å². The minimum absolute atomic E-state index is 0.0319. The molecule has 0 aliphatic carbocycles. The van der Waals surface area contributed by atoms with E-state index in [-0.39, 0.29) is 23.6 Å². The van der Waals surface area contributed by atoms with Gasteiger partial charge in [0.1, 0.15) is 8.64 Å². The first kappa shape index (κ1) is 33.8. The Hall–Kier alpha value is -3.06. The summed E-state index contributed by atoms with van der Waals surface area (Å²) < 4.78 is 0.855. The molecule has 44 heavy (non-hydrogen) atoms. The number of hydrogen-bond acceptors (Lipinski definition) is 8. The van der Waals surface area contributed by atoms with Gasteiger partial charge < -0.3 is 10.6 Å². The topological polar surface area (TPSA) is 98.8 Å². The van der Waals surface area contributed by atoms with Crippen molar-refractivity contribution in [3.05, 3.63) is 69.5 Å². The number of hydrogen-bond donors (Lipinski definition) is 2. The molecule has 2 aromatic rings. The Bertz CT molecular complexity index is 1380. The van der Waals surface area contributed by atoms with E-state index < -0.39 is 0 Å². The first-order valence-corrected chi connectivity index (χ1v) is 17.1. The number of para-hydroxylation sites is 2. The molecule has 2 N–H and O–H groups in total. The third-order valence-corrected chi connectivity index (χ3v) is 10.3. The summed E-state index contributed by atoms with van der Waals surface area (Å²) in [6.07, 6.45) is 5.12. The van der Waals surface area contributed by atoms with Crippen LogP contribution in [-0.4, -0.2) is 55.2 Å². The molecule has 232 valence electrons. The molecular weight excluding hydrogens is 633 g/mol.